The van der Waals surface area contributed by atoms with Crippen LogP contribution in [0.2, 0.25) is 5.02 Å². The number of amides is 1. The minimum atomic E-state index is -0.394. The van der Waals surface area contributed by atoms with Gasteiger partial charge in [-0.25, -0.2) is 0 Å². The Morgan fingerprint density at radius 1 is 1.28 bits per heavy atom. The van der Waals surface area contributed by atoms with Crippen LogP contribution in [0.4, 0.5) is 0 Å². The first kappa shape index (κ1) is 21.0. The van der Waals surface area contributed by atoms with Gasteiger partial charge in [0.15, 0.2) is 0 Å². The molecule has 9 heteroatoms. The van der Waals surface area contributed by atoms with E-state index in [1.54, 1.807) is 12.1 Å². The van der Waals surface area contributed by atoms with Crippen LogP contribution in [0.3, 0.4) is 0 Å². The fourth-order valence-corrected chi connectivity index (χ4v) is 3.61. The van der Waals surface area contributed by atoms with Crippen molar-refractivity contribution in [3.8, 4) is 11.4 Å². The average molecular weight is 434 g/mol. The van der Waals surface area contributed by atoms with Crippen LogP contribution < -0.4 is 5.32 Å². The molecule has 1 N–H and O–H groups in total. The quantitative estimate of drug-likeness (QED) is 0.508. The molecule has 1 amide bonds. The number of carbonyl (C=O) groups excluding carboxylic acids is 2. The molecule has 29 heavy (non-hydrogen) atoms. The number of halogens is 1. The lowest BCUT2D eigenvalue weighted by molar-refractivity contribution is -0.141. The number of thiophene rings is 1. The second-order valence-electron chi connectivity index (χ2n) is 6.29. The molecule has 0 radical (unpaired) electrons. The Morgan fingerprint density at radius 2 is 2.07 bits per heavy atom. The topological polar surface area (TPSA) is 94.3 Å². The Balaban J connectivity index is 1.50. The summed E-state index contributed by atoms with van der Waals surface area (Å²) in [4.78, 5) is 29.2. The highest BCUT2D eigenvalue weighted by Crippen LogP contribution is 2.23. The van der Waals surface area contributed by atoms with Gasteiger partial charge in [-0.2, -0.15) is 4.98 Å². The molecular formula is C20H20ClN3O4S. The molecule has 1 atom stereocenters. The van der Waals surface area contributed by atoms with Gasteiger partial charge >= 0.3 is 5.97 Å². The molecule has 7 nitrogen and oxygen atoms in total. The smallest absolute Gasteiger partial charge is 0.307 e. The molecule has 1 aromatic carbocycles. The van der Waals surface area contributed by atoms with Gasteiger partial charge in [0.2, 0.25) is 17.6 Å². The van der Waals surface area contributed by atoms with Crippen LogP contribution in [0.25, 0.3) is 11.4 Å². The van der Waals surface area contributed by atoms with E-state index in [1.165, 1.54) is 18.4 Å². The Kier molecular flexibility index (Phi) is 7.37. The van der Waals surface area contributed by atoms with Crippen molar-refractivity contribution in [3.05, 3.63) is 57.6 Å². The van der Waals surface area contributed by atoms with E-state index >= 15 is 0 Å². The number of esters is 1. The first-order valence-corrected chi connectivity index (χ1v) is 10.3. The number of aromatic nitrogens is 2. The van der Waals surface area contributed by atoms with Crippen molar-refractivity contribution in [2.75, 3.05) is 7.11 Å². The standard InChI is InChI=1S/C20H20ClN3O4S/c1-27-19(26)12-15(16-4-3-11-29-16)22-17(25)5-2-6-18-23-20(24-28-18)13-7-9-14(21)10-8-13/h3-4,7-11,15H,2,5-6,12H2,1H3,(H,22,25). The molecule has 0 fully saturated rings. The van der Waals surface area contributed by atoms with E-state index in [-0.39, 0.29) is 24.7 Å². The number of nitrogens with one attached hydrogen (secondary N) is 1. The summed E-state index contributed by atoms with van der Waals surface area (Å²) in [5.41, 5.74) is 0.809. The number of ether oxygens (including phenoxy) is 1. The van der Waals surface area contributed by atoms with Gasteiger partial charge in [-0.15, -0.1) is 11.3 Å². The Morgan fingerprint density at radius 3 is 2.76 bits per heavy atom. The third-order valence-electron chi connectivity index (χ3n) is 4.19. The zero-order valence-corrected chi connectivity index (χ0v) is 17.3. The van der Waals surface area contributed by atoms with Crippen molar-refractivity contribution in [2.45, 2.75) is 31.7 Å². The summed E-state index contributed by atoms with van der Waals surface area (Å²) in [5, 5.41) is 9.40. The number of nitrogens with zero attached hydrogens (tertiary/aromatic N) is 2. The molecule has 0 aliphatic heterocycles. The average Bonchev–Trinajstić information content (AvgIpc) is 3.40. The maximum Gasteiger partial charge on any atom is 0.307 e. The van der Waals surface area contributed by atoms with E-state index in [0.29, 0.717) is 29.6 Å². The Bertz CT molecular complexity index is 941. The highest BCUT2D eigenvalue weighted by Gasteiger charge is 2.20. The summed E-state index contributed by atoms with van der Waals surface area (Å²) in [7, 11) is 1.33. The molecule has 0 saturated heterocycles. The molecule has 2 aromatic heterocycles. The molecule has 1 unspecified atom stereocenters. The van der Waals surface area contributed by atoms with E-state index < -0.39 is 6.04 Å². The number of rotatable bonds is 9. The predicted octanol–water partition coefficient (Wildman–Crippen LogP) is 4.19. The van der Waals surface area contributed by atoms with Crippen LogP contribution in [0.15, 0.2) is 46.3 Å². The predicted molar refractivity (Wildman–Crippen MR) is 110 cm³/mol. The van der Waals surface area contributed by atoms with E-state index in [4.69, 9.17) is 20.9 Å². The molecule has 2 heterocycles. The van der Waals surface area contributed by atoms with Crippen molar-refractivity contribution >= 4 is 34.8 Å². The van der Waals surface area contributed by atoms with Gasteiger partial charge in [0, 0.05) is 28.3 Å². The molecule has 152 valence electrons. The largest absolute Gasteiger partial charge is 0.469 e. The summed E-state index contributed by atoms with van der Waals surface area (Å²) in [6.45, 7) is 0. The molecular weight excluding hydrogens is 414 g/mol. The molecule has 3 rings (SSSR count). The maximum absolute atomic E-state index is 12.3. The number of carbonyl (C=O) groups is 2. The van der Waals surface area contributed by atoms with Gasteiger partial charge < -0.3 is 14.6 Å². The first-order valence-electron chi connectivity index (χ1n) is 9.03. The lowest BCUT2D eigenvalue weighted by atomic mass is 10.1. The Hall–Kier alpha value is -2.71. The first-order chi connectivity index (χ1) is 14.0. The normalized spacial score (nSPS) is 11.8. The second kappa shape index (κ2) is 10.2. The SMILES string of the molecule is COC(=O)CC(NC(=O)CCCc1nc(-c2ccc(Cl)cc2)no1)c1cccs1. The third kappa shape index (κ3) is 6.13. The number of benzene rings is 1. The number of aryl methyl sites for hydroxylation is 1. The highest BCUT2D eigenvalue weighted by atomic mass is 35.5. The number of methoxy groups -OCH3 is 1. The zero-order valence-electron chi connectivity index (χ0n) is 15.8. The van der Waals surface area contributed by atoms with E-state index in [2.05, 4.69) is 15.5 Å². The van der Waals surface area contributed by atoms with Crippen LogP contribution in [0.1, 0.15) is 36.1 Å². The van der Waals surface area contributed by atoms with E-state index in [1.807, 2.05) is 29.6 Å². The molecule has 0 spiro atoms. The van der Waals surface area contributed by atoms with Crippen molar-refractivity contribution in [1.82, 2.24) is 15.5 Å². The van der Waals surface area contributed by atoms with Crippen molar-refractivity contribution in [3.63, 3.8) is 0 Å². The summed E-state index contributed by atoms with van der Waals surface area (Å²) in [6, 6.07) is 10.5. The van der Waals surface area contributed by atoms with Crippen molar-refractivity contribution in [1.29, 1.82) is 0 Å². The number of hydrogen-bond acceptors (Lipinski definition) is 7. The van der Waals surface area contributed by atoms with Gasteiger partial charge in [0.25, 0.3) is 0 Å². The molecule has 0 aliphatic carbocycles. The summed E-state index contributed by atoms with van der Waals surface area (Å²) >= 11 is 7.36. The minimum absolute atomic E-state index is 0.0941. The van der Waals surface area contributed by atoms with Crippen LogP contribution in [0.5, 0.6) is 0 Å². The zero-order chi connectivity index (χ0) is 20.6. The monoisotopic (exact) mass is 433 g/mol. The molecule has 0 saturated carbocycles. The second-order valence-corrected chi connectivity index (χ2v) is 7.70. The molecule has 3 aromatic rings. The molecule has 0 aliphatic rings. The Labute approximate surface area is 177 Å². The fourth-order valence-electron chi connectivity index (χ4n) is 2.70. The van der Waals surface area contributed by atoms with Crippen LogP contribution >= 0.6 is 22.9 Å². The van der Waals surface area contributed by atoms with E-state index in [0.717, 1.165) is 10.4 Å². The van der Waals surface area contributed by atoms with Gasteiger partial charge in [0.05, 0.1) is 19.6 Å². The lowest BCUT2D eigenvalue weighted by Gasteiger charge is -2.16. The van der Waals surface area contributed by atoms with E-state index in [9.17, 15) is 9.59 Å². The van der Waals surface area contributed by atoms with Gasteiger partial charge in [0.1, 0.15) is 0 Å². The van der Waals surface area contributed by atoms with Gasteiger partial charge in [-0.3, -0.25) is 9.59 Å². The van der Waals surface area contributed by atoms with Gasteiger partial charge in [-0.05, 0) is 42.1 Å². The van der Waals surface area contributed by atoms with Crippen LogP contribution in [0, 0.1) is 0 Å². The summed E-state index contributed by atoms with van der Waals surface area (Å²) in [5.74, 6) is 0.429. The molecule has 0 bridgehead atoms. The van der Waals surface area contributed by atoms with Gasteiger partial charge in [-0.1, -0.05) is 22.8 Å². The number of hydrogen-bond donors (Lipinski definition) is 1. The van der Waals surface area contributed by atoms with Crippen molar-refractivity contribution < 1.29 is 18.8 Å². The summed E-state index contributed by atoms with van der Waals surface area (Å²) < 4.78 is 9.98. The highest BCUT2D eigenvalue weighted by molar-refractivity contribution is 7.10. The van der Waals surface area contributed by atoms with Crippen molar-refractivity contribution in [2.24, 2.45) is 0 Å². The lowest BCUT2D eigenvalue weighted by Crippen LogP contribution is -2.29. The van der Waals surface area contributed by atoms with Crippen LogP contribution in [-0.2, 0) is 20.7 Å². The minimum Gasteiger partial charge on any atom is -0.469 e. The fraction of sp³-hybridized carbons (Fsp3) is 0.300. The summed E-state index contributed by atoms with van der Waals surface area (Å²) in [6.07, 6.45) is 1.40. The van der Waals surface area contributed by atoms with Crippen LogP contribution in [-0.4, -0.2) is 29.1 Å². The third-order valence-corrected chi connectivity index (χ3v) is 5.42. The maximum atomic E-state index is 12.3.